The molecule has 1 heteroatoms. The molecule has 2 aromatic carbocycles. The van der Waals surface area contributed by atoms with Gasteiger partial charge in [0.1, 0.15) is 5.75 Å². The average molecular weight is 296 g/mol. The smallest absolute Gasteiger partial charge is 0.119 e. The van der Waals surface area contributed by atoms with Crippen LogP contribution in [0.25, 0.3) is 0 Å². The van der Waals surface area contributed by atoms with E-state index in [0.29, 0.717) is 5.75 Å². The van der Waals surface area contributed by atoms with Crippen molar-refractivity contribution >= 4 is 0 Å². The number of aromatic hydroxyl groups is 1. The molecule has 1 N–H and O–H groups in total. The Kier molecular flexibility index (Phi) is 4.37. The lowest BCUT2D eigenvalue weighted by atomic mass is 9.77. The standard InChI is InChI=1S/C21H28O/c1-20(2,3)16-13-18(21(4,5)6)17(19(22)14-16)12-15-10-8-7-9-11-15/h7-11,13-14,22H,12H2,1-6H3. The zero-order valence-corrected chi connectivity index (χ0v) is 14.7. The molecule has 0 aliphatic carbocycles. The van der Waals surface area contributed by atoms with E-state index in [2.05, 4.69) is 59.7 Å². The third-order valence-electron chi connectivity index (χ3n) is 4.12. The monoisotopic (exact) mass is 296 g/mol. The zero-order valence-electron chi connectivity index (χ0n) is 14.7. The van der Waals surface area contributed by atoms with E-state index in [-0.39, 0.29) is 10.8 Å². The molecular weight excluding hydrogens is 268 g/mol. The Balaban J connectivity index is 2.58. The lowest BCUT2D eigenvalue weighted by molar-refractivity contribution is 0.458. The Labute approximate surface area is 135 Å². The summed E-state index contributed by atoms with van der Waals surface area (Å²) in [5.74, 6) is 0.418. The van der Waals surface area contributed by atoms with Crippen molar-refractivity contribution in [2.45, 2.75) is 58.8 Å². The fourth-order valence-electron chi connectivity index (χ4n) is 2.74. The van der Waals surface area contributed by atoms with E-state index in [0.717, 1.165) is 12.0 Å². The highest BCUT2D eigenvalue weighted by Gasteiger charge is 2.24. The highest BCUT2D eigenvalue weighted by molar-refractivity contribution is 5.49. The number of rotatable bonds is 2. The van der Waals surface area contributed by atoms with Crippen LogP contribution in [0.2, 0.25) is 0 Å². The Hall–Kier alpha value is -1.76. The van der Waals surface area contributed by atoms with Crippen LogP contribution < -0.4 is 0 Å². The maximum atomic E-state index is 10.7. The van der Waals surface area contributed by atoms with Gasteiger partial charge in [0.15, 0.2) is 0 Å². The SMILES string of the molecule is CC(C)(C)c1cc(O)c(Cc2ccccc2)c(C(C)(C)C)c1. The summed E-state index contributed by atoms with van der Waals surface area (Å²) in [5.41, 5.74) is 4.73. The van der Waals surface area contributed by atoms with Crippen LogP contribution in [0.1, 0.15) is 63.8 Å². The van der Waals surface area contributed by atoms with Gasteiger partial charge in [0, 0.05) is 12.0 Å². The van der Waals surface area contributed by atoms with Gasteiger partial charge in [0.25, 0.3) is 0 Å². The zero-order chi connectivity index (χ0) is 16.5. The Morgan fingerprint density at radius 3 is 1.91 bits per heavy atom. The lowest BCUT2D eigenvalue weighted by Gasteiger charge is -2.28. The van der Waals surface area contributed by atoms with Gasteiger partial charge in [-0.2, -0.15) is 0 Å². The summed E-state index contributed by atoms with van der Waals surface area (Å²) in [6.45, 7) is 13.2. The number of benzene rings is 2. The van der Waals surface area contributed by atoms with E-state index in [4.69, 9.17) is 0 Å². The van der Waals surface area contributed by atoms with E-state index in [1.54, 1.807) is 0 Å². The second kappa shape index (κ2) is 5.79. The van der Waals surface area contributed by atoms with Crippen molar-refractivity contribution in [2.24, 2.45) is 0 Å². The largest absolute Gasteiger partial charge is 0.508 e. The van der Waals surface area contributed by atoms with E-state index < -0.39 is 0 Å². The van der Waals surface area contributed by atoms with Crippen molar-refractivity contribution in [1.82, 2.24) is 0 Å². The average Bonchev–Trinajstić information content (AvgIpc) is 2.39. The van der Waals surface area contributed by atoms with Crippen molar-refractivity contribution in [1.29, 1.82) is 0 Å². The molecule has 0 aliphatic heterocycles. The number of phenolic OH excluding ortho intramolecular Hbond substituents is 1. The molecule has 0 amide bonds. The fraction of sp³-hybridized carbons (Fsp3) is 0.429. The molecule has 1 nitrogen and oxygen atoms in total. The first-order chi connectivity index (χ1) is 10.1. The summed E-state index contributed by atoms with van der Waals surface area (Å²) in [6.07, 6.45) is 0.768. The maximum Gasteiger partial charge on any atom is 0.119 e. The third kappa shape index (κ3) is 3.71. The molecule has 0 radical (unpaired) electrons. The molecule has 118 valence electrons. The predicted molar refractivity (Wildman–Crippen MR) is 94.8 cm³/mol. The van der Waals surface area contributed by atoms with Crippen LogP contribution in [0.15, 0.2) is 42.5 Å². The first-order valence-electron chi connectivity index (χ1n) is 8.00. The highest BCUT2D eigenvalue weighted by Crippen LogP contribution is 2.37. The fourth-order valence-corrected chi connectivity index (χ4v) is 2.74. The summed E-state index contributed by atoms with van der Waals surface area (Å²) < 4.78 is 0. The molecule has 0 bridgehead atoms. The van der Waals surface area contributed by atoms with E-state index in [9.17, 15) is 5.11 Å². The van der Waals surface area contributed by atoms with Crippen LogP contribution >= 0.6 is 0 Å². The molecule has 0 aliphatic rings. The van der Waals surface area contributed by atoms with Gasteiger partial charge < -0.3 is 5.11 Å². The van der Waals surface area contributed by atoms with Crippen LogP contribution in [0, 0.1) is 0 Å². The molecule has 0 spiro atoms. The number of hydrogen-bond acceptors (Lipinski definition) is 1. The Morgan fingerprint density at radius 2 is 1.41 bits per heavy atom. The normalized spacial score (nSPS) is 12.5. The molecule has 0 saturated carbocycles. The van der Waals surface area contributed by atoms with Gasteiger partial charge in [0.05, 0.1) is 0 Å². The van der Waals surface area contributed by atoms with Crippen LogP contribution in [0.4, 0.5) is 0 Å². The van der Waals surface area contributed by atoms with Crippen molar-refractivity contribution < 1.29 is 5.11 Å². The van der Waals surface area contributed by atoms with Crippen LogP contribution in [0.5, 0.6) is 5.75 Å². The molecule has 0 saturated heterocycles. The van der Waals surface area contributed by atoms with Gasteiger partial charge in [0.2, 0.25) is 0 Å². The lowest BCUT2D eigenvalue weighted by Crippen LogP contribution is -2.18. The molecule has 0 atom stereocenters. The number of hydrogen-bond donors (Lipinski definition) is 1. The molecule has 2 aromatic rings. The molecule has 0 unspecified atom stereocenters. The first kappa shape index (κ1) is 16.6. The van der Waals surface area contributed by atoms with E-state index in [1.165, 1.54) is 16.7 Å². The van der Waals surface area contributed by atoms with Crippen molar-refractivity contribution in [3.63, 3.8) is 0 Å². The number of phenols is 1. The van der Waals surface area contributed by atoms with E-state index in [1.807, 2.05) is 24.3 Å². The first-order valence-corrected chi connectivity index (χ1v) is 8.00. The molecule has 2 rings (SSSR count). The minimum absolute atomic E-state index is 0.00283. The van der Waals surface area contributed by atoms with Crippen LogP contribution in [-0.2, 0) is 17.3 Å². The van der Waals surface area contributed by atoms with Gasteiger partial charge >= 0.3 is 0 Å². The summed E-state index contributed by atoms with van der Waals surface area (Å²) in [5, 5.41) is 10.7. The minimum atomic E-state index is 0.00283. The Bertz CT molecular complexity index is 640. The topological polar surface area (TPSA) is 20.2 Å². The quantitative estimate of drug-likeness (QED) is 0.767. The highest BCUT2D eigenvalue weighted by atomic mass is 16.3. The van der Waals surface area contributed by atoms with Crippen molar-refractivity contribution in [3.8, 4) is 5.75 Å². The Morgan fingerprint density at radius 1 is 0.818 bits per heavy atom. The van der Waals surface area contributed by atoms with Crippen molar-refractivity contribution in [3.05, 3.63) is 64.7 Å². The second-order valence-electron chi connectivity index (χ2n) is 8.18. The molecular formula is C21H28O. The third-order valence-corrected chi connectivity index (χ3v) is 4.12. The second-order valence-corrected chi connectivity index (χ2v) is 8.18. The van der Waals surface area contributed by atoms with Gasteiger partial charge in [-0.3, -0.25) is 0 Å². The van der Waals surface area contributed by atoms with Crippen molar-refractivity contribution in [2.75, 3.05) is 0 Å². The van der Waals surface area contributed by atoms with Gasteiger partial charge in [-0.05, 0) is 33.6 Å². The molecule has 0 fully saturated rings. The molecule has 22 heavy (non-hydrogen) atoms. The summed E-state index contributed by atoms with van der Waals surface area (Å²) in [6, 6.07) is 14.6. The summed E-state index contributed by atoms with van der Waals surface area (Å²) in [4.78, 5) is 0. The molecule has 0 aromatic heterocycles. The summed E-state index contributed by atoms with van der Waals surface area (Å²) >= 11 is 0. The van der Waals surface area contributed by atoms with Crippen LogP contribution in [0.3, 0.4) is 0 Å². The molecule has 0 heterocycles. The van der Waals surface area contributed by atoms with Crippen LogP contribution in [-0.4, -0.2) is 5.11 Å². The van der Waals surface area contributed by atoms with Gasteiger partial charge in [-0.25, -0.2) is 0 Å². The van der Waals surface area contributed by atoms with E-state index >= 15 is 0 Å². The van der Waals surface area contributed by atoms with Gasteiger partial charge in [-0.15, -0.1) is 0 Å². The maximum absolute atomic E-state index is 10.7. The predicted octanol–water partition coefficient (Wildman–Crippen LogP) is 5.58. The summed E-state index contributed by atoms with van der Waals surface area (Å²) in [7, 11) is 0. The minimum Gasteiger partial charge on any atom is -0.508 e. The van der Waals surface area contributed by atoms with Gasteiger partial charge in [-0.1, -0.05) is 77.9 Å².